The molecule has 0 unspecified atom stereocenters. The molecule has 0 aliphatic carbocycles. The summed E-state index contributed by atoms with van der Waals surface area (Å²) in [6, 6.07) is 1.35. The van der Waals surface area contributed by atoms with Crippen LogP contribution in [-0.2, 0) is 4.79 Å². The van der Waals surface area contributed by atoms with Crippen molar-refractivity contribution in [1.82, 2.24) is 4.90 Å². The summed E-state index contributed by atoms with van der Waals surface area (Å²) in [5, 5.41) is 10.6. The van der Waals surface area contributed by atoms with E-state index in [0.717, 1.165) is 17.0 Å². The Balaban J connectivity index is 2.64. The molecule has 0 saturated carbocycles. The van der Waals surface area contributed by atoms with Crippen molar-refractivity contribution in [2.45, 2.75) is 12.8 Å². The van der Waals surface area contributed by atoms with E-state index in [1.807, 2.05) is 0 Å². The number of hydrogen-bond acceptors (Lipinski definition) is 2. The van der Waals surface area contributed by atoms with Crippen LogP contribution in [0.2, 0.25) is 0 Å². The van der Waals surface area contributed by atoms with Crippen molar-refractivity contribution < 1.29 is 23.5 Å². The minimum Gasteiger partial charge on any atom is -0.481 e. The molecule has 5 nitrogen and oxygen atoms in total. The molecule has 0 spiro atoms. The van der Waals surface area contributed by atoms with Crippen LogP contribution in [-0.4, -0.2) is 35.6 Å². The Hall–Kier alpha value is -1.70. The van der Waals surface area contributed by atoms with E-state index < -0.39 is 29.3 Å². The molecule has 2 N–H and O–H groups in total. The molecule has 0 saturated heterocycles. The van der Waals surface area contributed by atoms with Crippen molar-refractivity contribution in [1.29, 1.82) is 0 Å². The molecule has 0 aliphatic heterocycles. The molecule has 0 aromatic heterocycles. The average Bonchev–Trinajstić information content (AvgIpc) is 2.32. The number of aliphatic carboxylic acids is 1. The van der Waals surface area contributed by atoms with Gasteiger partial charge in [0.2, 0.25) is 0 Å². The third-order valence-electron chi connectivity index (χ3n) is 2.47. The highest BCUT2D eigenvalue weighted by molar-refractivity contribution is 9.10. The van der Waals surface area contributed by atoms with Gasteiger partial charge < -0.3 is 15.3 Å². The molecule has 2 amide bonds. The summed E-state index contributed by atoms with van der Waals surface area (Å²) >= 11 is 2.93. The number of carboxylic acids is 1. The van der Waals surface area contributed by atoms with Gasteiger partial charge in [0.1, 0.15) is 5.69 Å². The van der Waals surface area contributed by atoms with Crippen LogP contribution < -0.4 is 5.32 Å². The largest absolute Gasteiger partial charge is 0.481 e. The molecule has 1 aromatic carbocycles. The Kier molecular flexibility index (Phi) is 5.87. The lowest BCUT2D eigenvalue weighted by Crippen LogP contribution is -2.33. The fourth-order valence-electron chi connectivity index (χ4n) is 1.43. The maximum atomic E-state index is 13.5. The normalized spacial score (nSPS) is 10.2. The summed E-state index contributed by atoms with van der Waals surface area (Å²) < 4.78 is 27.2. The van der Waals surface area contributed by atoms with E-state index >= 15 is 0 Å². The number of nitrogens with zero attached hydrogens (tertiary/aromatic N) is 1. The van der Waals surface area contributed by atoms with Crippen LogP contribution in [0.15, 0.2) is 16.6 Å². The fraction of sp³-hybridized carbons (Fsp3) is 0.333. The van der Waals surface area contributed by atoms with Gasteiger partial charge in [0.25, 0.3) is 0 Å². The fourth-order valence-corrected chi connectivity index (χ4v) is 1.83. The summed E-state index contributed by atoms with van der Waals surface area (Å²) in [7, 11) is 1.41. The molecule has 1 aromatic rings. The summed E-state index contributed by atoms with van der Waals surface area (Å²) in [4.78, 5) is 23.2. The number of anilines is 1. The van der Waals surface area contributed by atoms with E-state index in [1.54, 1.807) is 0 Å². The zero-order valence-electron chi connectivity index (χ0n) is 10.6. The first-order chi connectivity index (χ1) is 9.31. The van der Waals surface area contributed by atoms with E-state index in [9.17, 15) is 18.4 Å². The van der Waals surface area contributed by atoms with Crippen molar-refractivity contribution in [3.05, 3.63) is 28.2 Å². The van der Waals surface area contributed by atoms with Gasteiger partial charge >= 0.3 is 12.0 Å². The lowest BCUT2D eigenvalue weighted by atomic mass is 10.3. The summed E-state index contributed by atoms with van der Waals surface area (Å²) in [6.07, 6.45) is 0.170. The highest BCUT2D eigenvalue weighted by Gasteiger charge is 2.16. The van der Waals surface area contributed by atoms with Gasteiger partial charge in [-0.05, 0) is 18.6 Å². The van der Waals surface area contributed by atoms with Gasteiger partial charge in [0.05, 0.1) is 0 Å². The highest BCUT2D eigenvalue weighted by atomic mass is 79.9. The first-order valence-electron chi connectivity index (χ1n) is 5.69. The Morgan fingerprint density at radius 1 is 1.35 bits per heavy atom. The van der Waals surface area contributed by atoms with Gasteiger partial charge in [-0.15, -0.1) is 0 Å². The molecular weight excluding hydrogens is 338 g/mol. The maximum absolute atomic E-state index is 13.5. The van der Waals surface area contributed by atoms with Crippen molar-refractivity contribution in [2.24, 2.45) is 0 Å². The van der Waals surface area contributed by atoms with Crippen LogP contribution in [0.3, 0.4) is 0 Å². The molecular formula is C12H13BrF2N2O3. The Bertz CT molecular complexity index is 502. The molecule has 0 heterocycles. The van der Waals surface area contributed by atoms with Gasteiger partial charge in [-0.3, -0.25) is 4.79 Å². The molecule has 0 aliphatic rings. The van der Waals surface area contributed by atoms with Gasteiger partial charge in [0, 0.05) is 24.5 Å². The van der Waals surface area contributed by atoms with E-state index in [4.69, 9.17) is 5.11 Å². The average molecular weight is 351 g/mol. The van der Waals surface area contributed by atoms with E-state index in [-0.39, 0.29) is 23.9 Å². The number of rotatable bonds is 5. The number of benzene rings is 1. The van der Waals surface area contributed by atoms with Gasteiger partial charge in [-0.1, -0.05) is 15.9 Å². The van der Waals surface area contributed by atoms with Crippen LogP contribution >= 0.6 is 15.9 Å². The predicted octanol–water partition coefficient (Wildman–Crippen LogP) is 3.06. The summed E-state index contributed by atoms with van der Waals surface area (Å²) in [5.41, 5.74) is -0.539. The molecule has 8 heteroatoms. The third-order valence-corrected chi connectivity index (χ3v) is 2.93. The van der Waals surface area contributed by atoms with Gasteiger partial charge in [0.15, 0.2) is 11.6 Å². The molecule has 0 radical (unpaired) electrons. The van der Waals surface area contributed by atoms with Crippen LogP contribution in [0.1, 0.15) is 12.8 Å². The molecule has 20 heavy (non-hydrogen) atoms. The predicted molar refractivity (Wildman–Crippen MR) is 72.6 cm³/mol. The first kappa shape index (κ1) is 16.4. The standard InChI is InChI=1S/C12H13BrF2N2O3/c1-17(4-2-3-10(18)19)12(20)16-11-8(14)5-7(13)6-9(11)15/h5-6H,2-4H2,1H3,(H,16,20)(H,18,19). The second kappa shape index (κ2) is 7.18. The first-order valence-corrected chi connectivity index (χ1v) is 6.49. The summed E-state index contributed by atoms with van der Waals surface area (Å²) in [5.74, 6) is -2.77. The number of urea groups is 1. The Morgan fingerprint density at radius 3 is 2.40 bits per heavy atom. The quantitative estimate of drug-likeness (QED) is 0.857. The Morgan fingerprint density at radius 2 is 1.90 bits per heavy atom. The third kappa shape index (κ3) is 4.76. The smallest absolute Gasteiger partial charge is 0.321 e. The number of carbonyl (C=O) groups excluding carboxylic acids is 1. The number of hydrogen-bond donors (Lipinski definition) is 2. The summed E-state index contributed by atoms with van der Waals surface area (Å²) in [6.45, 7) is 0.165. The number of carbonyl (C=O) groups is 2. The molecule has 0 atom stereocenters. The molecule has 0 fully saturated rings. The second-order valence-electron chi connectivity index (χ2n) is 4.09. The van der Waals surface area contributed by atoms with Crippen LogP contribution in [0.4, 0.5) is 19.3 Å². The lowest BCUT2D eigenvalue weighted by molar-refractivity contribution is -0.137. The lowest BCUT2D eigenvalue weighted by Gasteiger charge is -2.18. The van der Waals surface area contributed by atoms with Crippen LogP contribution in [0.25, 0.3) is 0 Å². The zero-order chi connectivity index (χ0) is 15.3. The molecule has 1 rings (SSSR count). The zero-order valence-corrected chi connectivity index (χ0v) is 12.2. The van der Waals surface area contributed by atoms with Crippen molar-refractivity contribution >= 4 is 33.6 Å². The minimum absolute atomic E-state index is 0.0847. The topological polar surface area (TPSA) is 69.6 Å². The monoisotopic (exact) mass is 350 g/mol. The highest BCUT2D eigenvalue weighted by Crippen LogP contribution is 2.23. The van der Waals surface area contributed by atoms with Crippen LogP contribution in [0, 0.1) is 11.6 Å². The number of nitrogens with one attached hydrogen (secondary N) is 1. The van der Waals surface area contributed by atoms with Gasteiger partial charge in [-0.25, -0.2) is 13.6 Å². The minimum atomic E-state index is -0.969. The van der Waals surface area contributed by atoms with Crippen molar-refractivity contribution in [3.63, 3.8) is 0 Å². The van der Waals surface area contributed by atoms with Crippen molar-refractivity contribution in [2.75, 3.05) is 18.9 Å². The molecule has 0 bridgehead atoms. The van der Waals surface area contributed by atoms with Crippen molar-refractivity contribution in [3.8, 4) is 0 Å². The van der Waals surface area contributed by atoms with Crippen LogP contribution in [0.5, 0.6) is 0 Å². The SMILES string of the molecule is CN(CCCC(=O)O)C(=O)Nc1c(F)cc(Br)cc1F. The number of amides is 2. The van der Waals surface area contributed by atoms with E-state index in [2.05, 4.69) is 21.2 Å². The van der Waals surface area contributed by atoms with E-state index in [1.165, 1.54) is 7.05 Å². The maximum Gasteiger partial charge on any atom is 0.321 e. The van der Waals surface area contributed by atoms with E-state index in [0.29, 0.717) is 0 Å². The number of carboxylic acid groups (broad SMARTS) is 1. The number of halogens is 3. The van der Waals surface area contributed by atoms with Gasteiger partial charge in [-0.2, -0.15) is 0 Å². The second-order valence-corrected chi connectivity index (χ2v) is 5.01. The Labute approximate surface area is 122 Å². The molecule has 110 valence electrons.